The van der Waals surface area contributed by atoms with Crippen molar-refractivity contribution in [3.05, 3.63) is 35.5 Å². The molecule has 0 unspecified atom stereocenters. The molecule has 24 heavy (non-hydrogen) atoms. The molecule has 126 valence electrons. The number of hydrogen-bond acceptors (Lipinski definition) is 5. The number of ether oxygens (including phenoxy) is 1. The number of carbonyl (C=O) groups is 2. The molecule has 1 aromatic heterocycles. The van der Waals surface area contributed by atoms with Gasteiger partial charge in [0.05, 0.1) is 5.52 Å². The molecule has 1 aromatic carbocycles. The molecule has 0 aliphatic carbocycles. The standard InChI is InChI=1S/C17H19N3O4/c1-17(2,3)24-16(23)20-13-7-5-4-6-10(13)11(14(20)9-18)8-12(19)15(21)22/h4-7,12H,8,19H2,1-3H3,(H,21,22)/t12-/m1/s1. The van der Waals surface area contributed by atoms with Crippen molar-refractivity contribution in [1.29, 1.82) is 5.26 Å². The summed E-state index contributed by atoms with van der Waals surface area (Å²) >= 11 is 0. The lowest BCUT2D eigenvalue weighted by Gasteiger charge is -2.20. The molecule has 1 atom stereocenters. The van der Waals surface area contributed by atoms with Gasteiger partial charge in [0.25, 0.3) is 0 Å². The highest BCUT2D eigenvalue weighted by Gasteiger charge is 2.27. The van der Waals surface area contributed by atoms with Gasteiger partial charge >= 0.3 is 12.1 Å². The van der Waals surface area contributed by atoms with Gasteiger partial charge in [-0.05, 0) is 32.4 Å². The monoisotopic (exact) mass is 329 g/mol. The predicted molar refractivity (Wildman–Crippen MR) is 87.6 cm³/mol. The zero-order valence-corrected chi connectivity index (χ0v) is 13.7. The topological polar surface area (TPSA) is 118 Å². The summed E-state index contributed by atoms with van der Waals surface area (Å²) in [6.45, 7) is 5.18. The van der Waals surface area contributed by atoms with E-state index in [0.29, 0.717) is 16.5 Å². The molecule has 2 rings (SSSR count). The van der Waals surface area contributed by atoms with E-state index in [1.54, 1.807) is 45.0 Å². The molecule has 0 aliphatic rings. The van der Waals surface area contributed by atoms with Crippen molar-refractivity contribution in [2.75, 3.05) is 0 Å². The van der Waals surface area contributed by atoms with Gasteiger partial charge in [0.1, 0.15) is 23.4 Å². The van der Waals surface area contributed by atoms with Gasteiger partial charge in [0.2, 0.25) is 0 Å². The molecule has 0 saturated heterocycles. The summed E-state index contributed by atoms with van der Waals surface area (Å²) < 4.78 is 6.54. The van der Waals surface area contributed by atoms with E-state index in [9.17, 15) is 14.9 Å². The number of carbonyl (C=O) groups excluding carboxylic acids is 1. The van der Waals surface area contributed by atoms with Crippen molar-refractivity contribution in [2.24, 2.45) is 5.73 Å². The van der Waals surface area contributed by atoms with Crippen LogP contribution in [-0.4, -0.2) is 33.4 Å². The van der Waals surface area contributed by atoms with Crippen LogP contribution < -0.4 is 5.73 Å². The van der Waals surface area contributed by atoms with E-state index < -0.39 is 23.7 Å². The number of carboxylic acid groups (broad SMARTS) is 1. The van der Waals surface area contributed by atoms with E-state index in [0.717, 1.165) is 0 Å². The van der Waals surface area contributed by atoms with Crippen LogP contribution >= 0.6 is 0 Å². The molecule has 1 heterocycles. The normalized spacial score (nSPS) is 12.6. The highest BCUT2D eigenvalue weighted by atomic mass is 16.6. The lowest BCUT2D eigenvalue weighted by Crippen LogP contribution is -2.32. The highest BCUT2D eigenvalue weighted by molar-refractivity contribution is 5.95. The van der Waals surface area contributed by atoms with Crippen molar-refractivity contribution in [2.45, 2.75) is 38.8 Å². The summed E-state index contributed by atoms with van der Waals surface area (Å²) in [7, 11) is 0. The predicted octanol–water partition coefficient (Wildman–Crippen LogP) is 2.25. The SMILES string of the molecule is CC(C)(C)OC(=O)n1c(C#N)c(C[C@@H](N)C(=O)O)c2ccccc21. The third-order valence-electron chi connectivity index (χ3n) is 3.40. The van der Waals surface area contributed by atoms with E-state index in [2.05, 4.69) is 0 Å². The Morgan fingerprint density at radius 1 is 1.38 bits per heavy atom. The van der Waals surface area contributed by atoms with Gasteiger partial charge in [-0.3, -0.25) is 4.79 Å². The molecular weight excluding hydrogens is 310 g/mol. The van der Waals surface area contributed by atoms with Crippen LogP contribution in [0, 0.1) is 11.3 Å². The Morgan fingerprint density at radius 3 is 2.54 bits per heavy atom. The molecular formula is C17H19N3O4. The molecule has 0 bridgehead atoms. The maximum Gasteiger partial charge on any atom is 0.420 e. The Hall–Kier alpha value is -2.85. The van der Waals surface area contributed by atoms with Crippen LogP contribution in [0.15, 0.2) is 24.3 Å². The third-order valence-corrected chi connectivity index (χ3v) is 3.40. The van der Waals surface area contributed by atoms with Gasteiger partial charge in [0.15, 0.2) is 0 Å². The summed E-state index contributed by atoms with van der Waals surface area (Å²) in [5.74, 6) is -1.17. The molecule has 3 N–H and O–H groups in total. The minimum absolute atomic E-state index is 0.0437. The number of fused-ring (bicyclic) bond motifs is 1. The minimum atomic E-state index is -1.17. The maximum atomic E-state index is 12.5. The van der Waals surface area contributed by atoms with Gasteiger partial charge in [-0.1, -0.05) is 18.2 Å². The fraction of sp³-hybridized carbons (Fsp3) is 0.353. The lowest BCUT2D eigenvalue weighted by atomic mass is 10.0. The average molecular weight is 329 g/mol. The van der Waals surface area contributed by atoms with Crippen molar-refractivity contribution in [3.8, 4) is 6.07 Å². The van der Waals surface area contributed by atoms with Crippen LogP contribution in [0.3, 0.4) is 0 Å². The van der Waals surface area contributed by atoms with Crippen molar-refractivity contribution < 1.29 is 19.4 Å². The number of hydrogen-bond donors (Lipinski definition) is 2. The molecule has 0 amide bonds. The Bertz CT molecular complexity index is 840. The first-order valence-electron chi connectivity index (χ1n) is 7.40. The highest BCUT2D eigenvalue weighted by Crippen LogP contribution is 2.28. The molecule has 7 heteroatoms. The van der Waals surface area contributed by atoms with Gasteiger partial charge in [-0.2, -0.15) is 5.26 Å². The molecule has 0 spiro atoms. The van der Waals surface area contributed by atoms with E-state index in [1.165, 1.54) is 4.57 Å². The second-order valence-corrected chi connectivity index (χ2v) is 6.42. The Labute approximate surface area is 139 Å². The number of para-hydroxylation sites is 1. The molecule has 0 radical (unpaired) electrons. The van der Waals surface area contributed by atoms with Crippen LogP contribution in [0.4, 0.5) is 4.79 Å². The average Bonchev–Trinajstić information content (AvgIpc) is 2.79. The molecule has 0 saturated carbocycles. The van der Waals surface area contributed by atoms with Crippen molar-refractivity contribution >= 4 is 23.0 Å². The minimum Gasteiger partial charge on any atom is -0.480 e. The summed E-state index contributed by atoms with van der Waals surface area (Å²) in [4.78, 5) is 23.6. The third kappa shape index (κ3) is 3.39. The second kappa shape index (κ2) is 6.34. The smallest absolute Gasteiger partial charge is 0.420 e. The van der Waals surface area contributed by atoms with Crippen molar-refractivity contribution in [1.82, 2.24) is 4.57 Å². The van der Waals surface area contributed by atoms with Crippen molar-refractivity contribution in [3.63, 3.8) is 0 Å². The fourth-order valence-corrected chi connectivity index (χ4v) is 2.44. The fourth-order valence-electron chi connectivity index (χ4n) is 2.44. The summed E-state index contributed by atoms with van der Waals surface area (Å²) in [6, 6.07) is 7.68. The summed E-state index contributed by atoms with van der Waals surface area (Å²) in [5, 5.41) is 19.2. The number of benzene rings is 1. The van der Waals surface area contributed by atoms with Gasteiger partial charge in [-0.15, -0.1) is 0 Å². The Balaban J connectivity index is 2.66. The van der Waals surface area contributed by atoms with Gasteiger partial charge in [-0.25, -0.2) is 9.36 Å². The van der Waals surface area contributed by atoms with Crippen LogP contribution in [0.5, 0.6) is 0 Å². The van der Waals surface area contributed by atoms with Crippen LogP contribution in [0.25, 0.3) is 10.9 Å². The van der Waals surface area contributed by atoms with Gasteiger partial charge < -0.3 is 15.6 Å². The number of nitrogens with zero attached hydrogens (tertiary/aromatic N) is 2. The largest absolute Gasteiger partial charge is 0.480 e. The zero-order valence-electron chi connectivity index (χ0n) is 13.7. The Morgan fingerprint density at radius 2 is 2.00 bits per heavy atom. The molecule has 0 aliphatic heterocycles. The number of carboxylic acids is 1. The van der Waals surface area contributed by atoms with Crippen LogP contribution in [0.1, 0.15) is 32.0 Å². The van der Waals surface area contributed by atoms with Gasteiger partial charge in [0, 0.05) is 11.8 Å². The number of nitriles is 1. The number of rotatable bonds is 3. The molecule has 7 nitrogen and oxygen atoms in total. The van der Waals surface area contributed by atoms with E-state index in [1.807, 2.05) is 6.07 Å². The molecule has 2 aromatic rings. The first kappa shape index (κ1) is 17.5. The first-order chi connectivity index (χ1) is 11.2. The van der Waals surface area contributed by atoms with Crippen LogP contribution in [-0.2, 0) is 16.0 Å². The van der Waals surface area contributed by atoms with Crippen LogP contribution in [0.2, 0.25) is 0 Å². The first-order valence-corrected chi connectivity index (χ1v) is 7.40. The maximum absolute atomic E-state index is 12.5. The zero-order chi connectivity index (χ0) is 18.1. The lowest BCUT2D eigenvalue weighted by molar-refractivity contribution is -0.138. The van der Waals surface area contributed by atoms with E-state index in [4.69, 9.17) is 15.6 Å². The summed E-state index contributed by atoms with van der Waals surface area (Å²) in [6.07, 6.45) is -0.750. The molecule has 0 fully saturated rings. The van der Waals surface area contributed by atoms with E-state index in [-0.39, 0.29) is 12.1 Å². The number of aromatic nitrogens is 1. The van der Waals surface area contributed by atoms with E-state index >= 15 is 0 Å². The Kier molecular flexibility index (Phi) is 4.62. The quantitative estimate of drug-likeness (QED) is 0.891. The summed E-state index contributed by atoms with van der Waals surface area (Å²) in [5.41, 5.74) is 5.84. The number of nitrogens with two attached hydrogens (primary N) is 1. The number of aliphatic carboxylic acids is 1. The second-order valence-electron chi connectivity index (χ2n) is 6.42.